The highest BCUT2D eigenvalue weighted by molar-refractivity contribution is 7.15. The molecule has 30 heavy (non-hydrogen) atoms. The Hall–Kier alpha value is -2.74. The molecule has 0 aliphatic heterocycles. The van der Waals surface area contributed by atoms with E-state index in [2.05, 4.69) is 15.3 Å². The quantitative estimate of drug-likeness (QED) is 0.450. The van der Waals surface area contributed by atoms with Crippen LogP contribution in [-0.4, -0.2) is 20.4 Å². The van der Waals surface area contributed by atoms with Crippen molar-refractivity contribution in [2.24, 2.45) is 0 Å². The standard InChI is InChI=1S/C21H16Cl2N4O2S/c22-14-6-5-13(17(23)10-14)9-15-11-24-21(30-15)26-19(28)7-8-27-12-25-18-4-2-1-3-16(18)20(27)29/h1-6,10-12H,7-9H2,(H,24,26,28). The molecule has 4 aromatic rings. The van der Waals surface area contributed by atoms with Gasteiger partial charge in [0.25, 0.3) is 5.56 Å². The third-order valence-electron chi connectivity index (χ3n) is 4.49. The van der Waals surface area contributed by atoms with Crippen molar-refractivity contribution in [3.05, 3.63) is 85.8 Å². The molecule has 152 valence electrons. The van der Waals surface area contributed by atoms with Gasteiger partial charge in [-0.3, -0.25) is 14.2 Å². The Balaban J connectivity index is 1.37. The van der Waals surface area contributed by atoms with Crippen molar-refractivity contribution in [3.8, 4) is 0 Å². The molecule has 0 bridgehead atoms. The fourth-order valence-corrected chi connectivity index (χ4v) is 4.30. The summed E-state index contributed by atoms with van der Waals surface area (Å²) in [6, 6.07) is 12.5. The third-order valence-corrected chi connectivity index (χ3v) is 5.99. The number of halogens is 2. The maximum atomic E-state index is 12.5. The number of nitrogens with one attached hydrogen (secondary N) is 1. The number of aryl methyl sites for hydroxylation is 1. The van der Waals surface area contributed by atoms with E-state index in [4.69, 9.17) is 23.2 Å². The number of anilines is 1. The van der Waals surface area contributed by atoms with Crippen LogP contribution in [0, 0.1) is 0 Å². The van der Waals surface area contributed by atoms with Gasteiger partial charge in [0.2, 0.25) is 5.91 Å². The lowest BCUT2D eigenvalue weighted by Crippen LogP contribution is -2.23. The molecule has 2 aromatic carbocycles. The SMILES string of the molecule is O=C(CCn1cnc2ccccc2c1=O)Nc1ncc(Cc2ccc(Cl)cc2Cl)s1. The molecule has 9 heteroatoms. The second-order valence-corrected chi connectivity index (χ2v) is 8.56. The summed E-state index contributed by atoms with van der Waals surface area (Å²) in [7, 11) is 0. The van der Waals surface area contributed by atoms with Gasteiger partial charge in [0.05, 0.1) is 17.2 Å². The molecule has 2 aromatic heterocycles. The Morgan fingerprint density at radius 3 is 2.80 bits per heavy atom. The molecule has 0 radical (unpaired) electrons. The normalized spacial score (nSPS) is 11.0. The number of aromatic nitrogens is 3. The van der Waals surface area contributed by atoms with Crippen LogP contribution >= 0.6 is 34.5 Å². The first kappa shape index (κ1) is 20.5. The molecule has 4 rings (SSSR count). The van der Waals surface area contributed by atoms with Crippen molar-refractivity contribution in [2.45, 2.75) is 19.4 Å². The molecule has 0 saturated carbocycles. The number of nitrogens with zero attached hydrogens (tertiary/aromatic N) is 3. The van der Waals surface area contributed by atoms with E-state index >= 15 is 0 Å². The summed E-state index contributed by atoms with van der Waals surface area (Å²) >= 11 is 13.5. The number of amides is 1. The van der Waals surface area contributed by atoms with Crippen LogP contribution in [0.15, 0.2) is 59.8 Å². The van der Waals surface area contributed by atoms with Crippen molar-refractivity contribution in [2.75, 3.05) is 5.32 Å². The first-order chi connectivity index (χ1) is 14.5. The topological polar surface area (TPSA) is 76.9 Å². The van der Waals surface area contributed by atoms with E-state index in [1.807, 2.05) is 12.1 Å². The van der Waals surface area contributed by atoms with Gasteiger partial charge < -0.3 is 5.32 Å². The van der Waals surface area contributed by atoms with Gasteiger partial charge in [-0.1, -0.05) is 41.4 Å². The summed E-state index contributed by atoms with van der Waals surface area (Å²) in [5, 5.41) is 4.99. The minimum absolute atomic E-state index is 0.137. The van der Waals surface area contributed by atoms with Crippen molar-refractivity contribution >= 4 is 56.5 Å². The van der Waals surface area contributed by atoms with E-state index in [0.29, 0.717) is 32.5 Å². The van der Waals surface area contributed by atoms with Gasteiger partial charge in [-0.05, 0) is 29.8 Å². The third kappa shape index (κ3) is 4.70. The molecular weight excluding hydrogens is 443 g/mol. The van der Waals surface area contributed by atoms with E-state index in [1.165, 1.54) is 22.2 Å². The van der Waals surface area contributed by atoms with Crippen LogP contribution in [0.1, 0.15) is 16.9 Å². The second-order valence-electron chi connectivity index (χ2n) is 6.60. The van der Waals surface area contributed by atoms with Crippen LogP contribution < -0.4 is 10.9 Å². The maximum absolute atomic E-state index is 12.5. The number of thiazole rings is 1. The minimum atomic E-state index is -0.222. The smallest absolute Gasteiger partial charge is 0.261 e. The average Bonchev–Trinajstić information content (AvgIpc) is 3.16. The van der Waals surface area contributed by atoms with E-state index < -0.39 is 0 Å². The molecule has 0 spiro atoms. The minimum Gasteiger partial charge on any atom is -0.302 e. The number of benzene rings is 2. The molecule has 0 unspecified atom stereocenters. The molecular formula is C21H16Cl2N4O2S. The van der Waals surface area contributed by atoms with Crippen molar-refractivity contribution < 1.29 is 4.79 Å². The lowest BCUT2D eigenvalue weighted by molar-refractivity contribution is -0.116. The number of rotatable bonds is 6. The van der Waals surface area contributed by atoms with Gasteiger partial charge in [-0.25, -0.2) is 9.97 Å². The maximum Gasteiger partial charge on any atom is 0.261 e. The summed E-state index contributed by atoms with van der Waals surface area (Å²) in [6.07, 6.45) is 3.91. The second kappa shape index (κ2) is 8.95. The van der Waals surface area contributed by atoms with Crippen molar-refractivity contribution in [1.82, 2.24) is 14.5 Å². The molecule has 2 heterocycles. The number of fused-ring (bicyclic) bond motifs is 1. The number of para-hydroxylation sites is 1. The predicted molar refractivity (Wildman–Crippen MR) is 121 cm³/mol. The molecule has 0 fully saturated rings. The van der Waals surface area contributed by atoms with Gasteiger partial charge >= 0.3 is 0 Å². The van der Waals surface area contributed by atoms with E-state index in [-0.39, 0.29) is 24.4 Å². The van der Waals surface area contributed by atoms with Gasteiger partial charge in [0, 0.05) is 40.5 Å². The van der Waals surface area contributed by atoms with Crippen LogP contribution in [0.5, 0.6) is 0 Å². The Labute approximate surface area is 186 Å². The fraction of sp³-hybridized carbons (Fsp3) is 0.143. The zero-order valence-corrected chi connectivity index (χ0v) is 18.0. The lowest BCUT2D eigenvalue weighted by atomic mass is 10.1. The fourth-order valence-electron chi connectivity index (χ4n) is 2.97. The van der Waals surface area contributed by atoms with Crippen LogP contribution in [0.2, 0.25) is 10.0 Å². The van der Waals surface area contributed by atoms with Crippen LogP contribution in [-0.2, 0) is 17.8 Å². The van der Waals surface area contributed by atoms with Crippen LogP contribution in [0.25, 0.3) is 10.9 Å². The Kier molecular flexibility index (Phi) is 6.13. The number of hydrogen-bond acceptors (Lipinski definition) is 5. The van der Waals surface area contributed by atoms with Gasteiger partial charge in [0.15, 0.2) is 5.13 Å². The van der Waals surface area contributed by atoms with E-state index in [9.17, 15) is 9.59 Å². The molecule has 0 aliphatic rings. The number of carbonyl (C=O) groups is 1. The summed E-state index contributed by atoms with van der Waals surface area (Å²) in [5.74, 6) is -0.222. The number of hydrogen-bond donors (Lipinski definition) is 1. The largest absolute Gasteiger partial charge is 0.302 e. The predicted octanol–water partition coefficient (Wildman–Crippen LogP) is 4.78. The Bertz CT molecular complexity index is 1290. The molecule has 6 nitrogen and oxygen atoms in total. The molecule has 1 N–H and O–H groups in total. The summed E-state index contributed by atoms with van der Waals surface area (Å²) in [6.45, 7) is 0.237. The lowest BCUT2D eigenvalue weighted by Gasteiger charge is -2.06. The highest BCUT2D eigenvalue weighted by atomic mass is 35.5. The molecule has 0 aliphatic carbocycles. The summed E-state index contributed by atoms with van der Waals surface area (Å²) in [5.41, 5.74) is 1.41. The summed E-state index contributed by atoms with van der Waals surface area (Å²) < 4.78 is 1.44. The monoisotopic (exact) mass is 458 g/mol. The molecule has 1 amide bonds. The highest BCUT2D eigenvalue weighted by Crippen LogP contribution is 2.27. The van der Waals surface area contributed by atoms with E-state index in [1.54, 1.807) is 36.5 Å². The first-order valence-electron chi connectivity index (χ1n) is 9.12. The number of carbonyl (C=O) groups excluding carboxylic acids is 1. The Morgan fingerprint density at radius 1 is 1.13 bits per heavy atom. The van der Waals surface area contributed by atoms with Gasteiger partial charge in [-0.2, -0.15) is 0 Å². The highest BCUT2D eigenvalue weighted by Gasteiger charge is 2.10. The zero-order valence-electron chi connectivity index (χ0n) is 15.6. The molecule has 0 saturated heterocycles. The molecule has 0 atom stereocenters. The van der Waals surface area contributed by atoms with Crippen molar-refractivity contribution in [3.63, 3.8) is 0 Å². The van der Waals surface area contributed by atoms with Crippen LogP contribution in [0.3, 0.4) is 0 Å². The Morgan fingerprint density at radius 2 is 1.97 bits per heavy atom. The zero-order chi connectivity index (χ0) is 21.1. The van der Waals surface area contributed by atoms with Gasteiger partial charge in [-0.15, -0.1) is 11.3 Å². The van der Waals surface area contributed by atoms with Gasteiger partial charge in [0.1, 0.15) is 0 Å². The average molecular weight is 459 g/mol. The van der Waals surface area contributed by atoms with Crippen LogP contribution in [0.4, 0.5) is 5.13 Å². The summed E-state index contributed by atoms with van der Waals surface area (Å²) in [4.78, 5) is 34.3. The first-order valence-corrected chi connectivity index (χ1v) is 10.7. The van der Waals surface area contributed by atoms with Crippen molar-refractivity contribution in [1.29, 1.82) is 0 Å². The van der Waals surface area contributed by atoms with E-state index in [0.717, 1.165) is 10.4 Å².